The van der Waals surface area contributed by atoms with Crippen LogP contribution in [0.3, 0.4) is 0 Å². The minimum absolute atomic E-state index is 0.0428. The van der Waals surface area contributed by atoms with Crippen LogP contribution in [0, 0.1) is 0 Å². The molecule has 2 rings (SSSR count). The number of sulfonamides is 1. The van der Waals surface area contributed by atoms with Crippen molar-refractivity contribution in [3.8, 4) is 11.8 Å². The van der Waals surface area contributed by atoms with Crippen LogP contribution in [0.5, 0.6) is 11.8 Å². The van der Waals surface area contributed by atoms with Gasteiger partial charge in [0, 0.05) is 7.05 Å². The number of hydrogen-bond acceptors (Lipinski definition) is 7. The fourth-order valence-corrected chi connectivity index (χ4v) is 2.99. The number of benzene rings is 1. The van der Waals surface area contributed by atoms with E-state index in [1.807, 2.05) is 0 Å². The van der Waals surface area contributed by atoms with E-state index >= 15 is 0 Å². The average molecular weight is 377 g/mol. The molecule has 0 spiro atoms. The highest BCUT2D eigenvalue weighted by atomic mass is 35.5. The summed E-state index contributed by atoms with van der Waals surface area (Å²) in [7, 11) is -1.75. The summed E-state index contributed by atoms with van der Waals surface area (Å²) in [5.74, 6) is -0.0428. The molecule has 12 heteroatoms. The van der Waals surface area contributed by atoms with Crippen LogP contribution >= 0.6 is 11.6 Å². The summed E-state index contributed by atoms with van der Waals surface area (Å²) >= 11 is 5.44. The number of alkyl halides is 1. The van der Waals surface area contributed by atoms with Crippen LogP contribution in [0.2, 0.25) is 0 Å². The molecule has 0 radical (unpaired) electrons. The van der Waals surface area contributed by atoms with E-state index in [9.17, 15) is 18.0 Å². The van der Waals surface area contributed by atoms with Crippen molar-refractivity contribution in [2.45, 2.75) is 4.90 Å². The van der Waals surface area contributed by atoms with Crippen molar-refractivity contribution in [1.29, 1.82) is 0 Å². The van der Waals surface area contributed by atoms with Gasteiger partial charge in [-0.15, -0.1) is 9.78 Å². The number of nitrogens with one attached hydrogen (secondary N) is 1. The summed E-state index contributed by atoms with van der Waals surface area (Å²) in [6, 6.07) is 3.87. The molecule has 0 aliphatic carbocycles. The molecule has 24 heavy (non-hydrogen) atoms. The summed E-state index contributed by atoms with van der Waals surface area (Å²) in [6.45, 7) is 0. The molecular formula is C12H13ClN4O6S. The Balaban J connectivity index is 2.37. The Morgan fingerprint density at radius 2 is 2.04 bits per heavy atom. The first kappa shape index (κ1) is 17.8. The molecule has 0 fully saturated rings. The molecule has 10 nitrogen and oxygen atoms in total. The third-order valence-electron chi connectivity index (χ3n) is 2.89. The largest absolute Gasteiger partial charge is 0.476 e. The first-order valence-electron chi connectivity index (χ1n) is 6.36. The zero-order chi connectivity index (χ0) is 17.9. The highest BCUT2D eigenvalue weighted by Gasteiger charge is 2.25. The summed E-state index contributed by atoms with van der Waals surface area (Å²) in [6.07, 6.45) is 0. The highest BCUT2D eigenvalue weighted by Crippen LogP contribution is 2.23. The van der Waals surface area contributed by atoms with Crippen LogP contribution < -0.4 is 19.9 Å². The van der Waals surface area contributed by atoms with Crippen molar-refractivity contribution in [1.82, 2.24) is 19.1 Å². The first-order chi connectivity index (χ1) is 11.3. The summed E-state index contributed by atoms with van der Waals surface area (Å²) < 4.78 is 37.5. The molecule has 0 saturated heterocycles. The van der Waals surface area contributed by atoms with E-state index in [1.165, 1.54) is 38.4 Å². The number of methoxy groups -OCH3 is 1. The second-order valence-electron chi connectivity index (χ2n) is 4.35. The lowest BCUT2D eigenvalue weighted by Gasteiger charge is -2.10. The van der Waals surface area contributed by atoms with Crippen molar-refractivity contribution in [3.05, 3.63) is 34.7 Å². The van der Waals surface area contributed by atoms with Crippen LogP contribution in [0.25, 0.3) is 0 Å². The van der Waals surface area contributed by atoms with Crippen LogP contribution in [0.1, 0.15) is 0 Å². The van der Waals surface area contributed by atoms with E-state index < -0.39 is 21.7 Å². The fraction of sp³-hybridized carbons (Fsp3) is 0.250. The standard InChI is InChI=1S/C12H13ClN4O6S/c1-16-11(22-2)14-17(12(16)19)10(18)15-24(20,21)9-6-4-3-5-8(9)23-7-13/h3-6H,7H2,1-2H3,(H,15,18). The predicted molar refractivity (Wildman–Crippen MR) is 82.9 cm³/mol. The van der Waals surface area contributed by atoms with Crippen molar-refractivity contribution >= 4 is 27.7 Å². The third kappa shape index (κ3) is 3.36. The van der Waals surface area contributed by atoms with Gasteiger partial charge in [-0.1, -0.05) is 23.7 Å². The number of aromatic nitrogens is 3. The quantitative estimate of drug-likeness (QED) is 0.735. The van der Waals surface area contributed by atoms with E-state index in [0.717, 1.165) is 4.57 Å². The third-order valence-corrected chi connectivity index (χ3v) is 4.35. The Morgan fingerprint density at radius 3 is 2.62 bits per heavy atom. The molecule has 1 heterocycles. The fourth-order valence-electron chi connectivity index (χ4n) is 1.79. The van der Waals surface area contributed by atoms with Crippen molar-refractivity contribution in [2.24, 2.45) is 7.05 Å². The van der Waals surface area contributed by atoms with E-state index in [1.54, 1.807) is 4.72 Å². The Kier molecular flexibility index (Phi) is 5.14. The molecule has 0 aliphatic rings. The van der Waals surface area contributed by atoms with Gasteiger partial charge >= 0.3 is 17.7 Å². The van der Waals surface area contributed by atoms with Crippen molar-refractivity contribution < 1.29 is 22.7 Å². The number of amides is 1. The van der Waals surface area contributed by atoms with E-state index in [2.05, 4.69) is 5.10 Å². The van der Waals surface area contributed by atoms with E-state index in [-0.39, 0.29) is 22.7 Å². The molecule has 0 aliphatic heterocycles. The van der Waals surface area contributed by atoms with Crippen molar-refractivity contribution in [3.63, 3.8) is 0 Å². The smallest absolute Gasteiger partial charge is 0.360 e. The van der Waals surface area contributed by atoms with Crippen LogP contribution in [-0.4, -0.2) is 42.0 Å². The molecule has 0 atom stereocenters. The second kappa shape index (κ2) is 6.93. The topological polar surface area (TPSA) is 122 Å². The maximum atomic E-state index is 12.3. The monoisotopic (exact) mass is 376 g/mol. The molecule has 1 amide bonds. The van der Waals surface area contributed by atoms with Gasteiger partial charge in [-0.3, -0.25) is 0 Å². The molecule has 0 bridgehead atoms. The summed E-state index contributed by atoms with van der Waals surface area (Å²) in [5.41, 5.74) is -0.871. The van der Waals surface area contributed by atoms with Gasteiger partial charge < -0.3 is 9.47 Å². The second-order valence-corrected chi connectivity index (χ2v) is 6.22. The zero-order valence-electron chi connectivity index (χ0n) is 12.6. The number of carbonyl (C=O) groups is 1. The molecule has 1 aromatic carbocycles. The van der Waals surface area contributed by atoms with Gasteiger partial charge in [0.05, 0.1) is 7.11 Å². The maximum absolute atomic E-state index is 12.3. The Morgan fingerprint density at radius 1 is 1.38 bits per heavy atom. The van der Waals surface area contributed by atoms with Gasteiger partial charge in [0.1, 0.15) is 10.6 Å². The predicted octanol–water partition coefficient (Wildman–Crippen LogP) is 0.112. The maximum Gasteiger partial charge on any atom is 0.360 e. The zero-order valence-corrected chi connectivity index (χ0v) is 14.2. The van der Waals surface area contributed by atoms with Gasteiger partial charge in [-0.25, -0.2) is 27.3 Å². The number of hydrogen-bond donors (Lipinski definition) is 1. The van der Waals surface area contributed by atoms with Crippen molar-refractivity contribution in [2.75, 3.05) is 13.2 Å². The average Bonchev–Trinajstić information content (AvgIpc) is 2.83. The Hall–Kier alpha value is -2.53. The van der Waals surface area contributed by atoms with Gasteiger partial charge in [0.2, 0.25) is 0 Å². The van der Waals surface area contributed by atoms with E-state index in [4.69, 9.17) is 21.1 Å². The van der Waals surface area contributed by atoms with Crippen LogP contribution in [0.15, 0.2) is 34.0 Å². The number of carbonyl (C=O) groups excluding carboxylic acids is 1. The van der Waals surface area contributed by atoms with Gasteiger partial charge in [-0.05, 0) is 12.1 Å². The van der Waals surface area contributed by atoms with Gasteiger partial charge in [0.15, 0.2) is 6.07 Å². The van der Waals surface area contributed by atoms with Crippen LogP contribution in [0.4, 0.5) is 4.79 Å². The van der Waals surface area contributed by atoms with Crippen LogP contribution in [-0.2, 0) is 17.1 Å². The van der Waals surface area contributed by atoms with Gasteiger partial charge in [0.25, 0.3) is 10.0 Å². The minimum atomic E-state index is -4.32. The minimum Gasteiger partial charge on any atom is -0.476 e. The highest BCUT2D eigenvalue weighted by molar-refractivity contribution is 7.90. The summed E-state index contributed by atoms with van der Waals surface area (Å²) in [4.78, 5) is 23.6. The SMILES string of the molecule is COc1nn(C(=O)NS(=O)(=O)c2ccccc2OCCl)c(=O)n1C. The van der Waals surface area contributed by atoms with Gasteiger partial charge in [-0.2, -0.15) is 0 Å². The molecule has 0 saturated carbocycles. The lowest BCUT2D eigenvalue weighted by Crippen LogP contribution is -2.40. The lowest BCUT2D eigenvalue weighted by molar-refractivity contribution is 0.243. The Labute approximate surface area is 141 Å². The first-order valence-corrected chi connectivity index (χ1v) is 8.38. The number of para-hydroxylation sites is 1. The normalized spacial score (nSPS) is 11.1. The molecule has 1 N–H and O–H groups in total. The molecular weight excluding hydrogens is 364 g/mol. The molecule has 0 unspecified atom stereocenters. The molecule has 2 aromatic rings. The summed E-state index contributed by atoms with van der Waals surface area (Å²) in [5, 5.41) is 3.58. The number of ether oxygens (including phenoxy) is 2. The lowest BCUT2D eigenvalue weighted by atomic mass is 10.3. The molecule has 1 aromatic heterocycles. The molecule has 130 valence electrons. The van der Waals surface area contributed by atoms with E-state index in [0.29, 0.717) is 4.68 Å². The number of halogens is 1. The number of rotatable bonds is 5. The Bertz CT molecular complexity index is 920. The number of nitrogens with zero attached hydrogens (tertiary/aromatic N) is 3.